The number of aromatic amines is 1. The van der Waals surface area contributed by atoms with Gasteiger partial charge in [0.1, 0.15) is 0 Å². The summed E-state index contributed by atoms with van der Waals surface area (Å²) in [5.74, 6) is -0.469. The van der Waals surface area contributed by atoms with Crippen molar-refractivity contribution in [3.8, 4) is 0 Å². The normalized spacial score (nSPS) is 17.6. The zero-order valence-electron chi connectivity index (χ0n) is 15.5. The third-order valence-corrected chi connectivity index (χ3v) is 6.34. The minimum atomic E-state index is -0.362. The van der Waals surface area contributed by atoms with Crippen molar-refractivity contribution >= 4 is 44.1 Å². The molecular weight excluding hydrogens is 370 g/mol. The fourth-order valence-electron chi connectivity index (χ4n) is 4.07. The second kappa shape index (κ2) is 6.21. The Bertz CT molecular complexity index is 1250. The van der Waals surface area contributed by atoms with E-state index in [0.29, 0.717) is 0 Å². The molecule has 2 aromatic heterocycles. The van der Waals surface area contributed by atoms with E-state index in [1.807, 2.05) is 44.2 Å². The highest BCUT2D eigenvalue weighted by Gasteiger charge is 2.43. The molecule has 0 saturated heterocycles. The number of benzene rings is 2. The monoisotopic (exact) mass is 389 g/mol. The SMILES string of the molecule is CC(C)C1=C(O)C(=O)N(c2ccc3[nH]cnc3c2)C1c1csc2ccccc12. The van der Waals surface area contributed by atoms with E-state index >= 15 is 0 Å². The summed E-state index contributed by atoms with van der Waals surface area (Å²) in [5, 5.41) is 14.0. The Morgan fingerprint density at radius 1 is 1.21 bits per heavy atom. The van der Waals surface area contributed by atoms with Crippen LogP contribution in [0.5, 0.6) is 0 Å². The molecule has 6 heteroatoms. The van der Waals surface area contributed by atoms with E-state index in [4.69, 9.17) is 0 Å². The Hall–Kier alpha value is -3.12. The summed E-state index contributed by atoms with van der Waals surface area (Å²) in [6.07, 6.45) is 1.64. The maximum absolute atomic E-state index is 13.1. The highest BCUT2D eigenvalue weighted by atomic mass is 32.1. The van der Waals surface area contributed by atoms with Crippen LogP contribution in [0.15, 0.2) is 65.5 Å². The number of anilines is 1. The van der Waals surface area contributed by atoms with Crippen LogP contribution in [-0.2, 0) is 4.79 Å². The van der Waals surface area contributed by atoms with Gasteiger partial charge in [0.2, 0.25) is 0 Å². The van der Waals surface area contributed by atoms with Gasteiger partial charge in [-0.2, -0.15) is 0 Å². The van der Waals surface area contributed by atoms with Gasteiger partial charge in [-0.25, -0.2) is 4.98 Å². The quantitative estimate of drug-likeness (QED) is 0.497. The summed E-state index contributed by atoms with van der Waals surface area (Å²) >= 11 is 1.66. The minimum Gasteiger partial charge on any atom is -0.503 e. The lowest BCUT2D eigenvalue weighted by atomic mass is 9.91. The average Bonchev–Trinajstić information content (AvgIpc) is 3.38. The number of hydrogen-bond donors (Lipinski definition) is 2. The number of amides is 1. The van der Waals surface area contributed by atoms with Crippen molar-refractivity contribution in [3.05, 3.63) is 71.1 Å². The number of aromatic nitrogens is 2. The van der Waals surface area contributed by atoms with Gasteiger partial charge >= 0.3 is 0 Å². The number of carbonyl (C=O) groups is 1. The second-order valence-corrected chi connectivity index (χ2v) is 8.24. The predicted molar refractivity (Wildman–Crippen MR) is 113 cm³/mol. The Balaban J connectivity index is 1.74. The molecule has 5 rings (SSSR count). The van der Waals surface area contributed by atoms with E-state index in [9.17, 15) is 9.90 Å². The lowest BCUT2D eigenvalue weighted by molar-refractivity contribution is -0.117. The van der Waals surface area contributed by atoms with Crippen LogP contribution < -0.4 is 4.90 Å². The Labute approximate surface area is 165 Å². The molecule has 0 aliphatic carbocycles. The molecule has 0 fully saturated rings. The van der Waals surface area contributed by atoms with Crippen LogP contribution in [0.2, 0.25) is 0 Å². The highest BCUT2D eigenvalue weighted by Crippen LogP contribution is 2.46. The third-order valence-electron chi connectivity index (χ3n) is 5.36. The molecule has 3 heterocycles. The molecule has 1 aliphatic heterocycles. The van der Waals surface area contributed by atoms with Crippen molar-refractivity contribution in [2.75, 3.05) is 4.90 Å². The molecule has 2 N–H and O–H groups in total. The van der Waals surface area contributed by atoms with Gasteiger partial charge in [0.05, 0.1) is 23.4 Å². The number of nitrogens with one attached hydrogen (secondary N) is 1. The molecule has 0 spiro atoms. The fraction of sp³-hybridized carbons (Fsp3) is 0.182. The van der Waals surface area contributed by atoms with Gasteiger partial charge in [0, 0.05) is 16.0 Å². The Kier molecular flexibility index (Phi) is 3.77. The molecule has 140 valence electrons. The molecule has 0 saturated carbocycles. The largest absolute Gasteiger partial charge is 0.503 e. The van der Waals surface area contributed by atoms with Gasteiger partial charge in [-0.15, -0.1) is 11.3 Å². The smallest absolute Gasteiger partial charge is 0.293 e. The highest BCUT2D eigenvalue weighted by molar-refractivity contribution is 7.17. The molecule has 1 unspecified atom stereocenters. The first-order chi connectivity index (χ1) is 13.6. The molecule has 4 aromatic rings. The number of H-pyrrole nitrogens is 1. The van der Waals surface area contributed by atoms with Crippen LogP contribution in [0, 0.1) is 5.92 Å². The van der Waals surface area contributed by atoms with E-state index in [2.05, 4.69) is 27.5 Å². The summed E-state index contributed by atoms with van der Waals surface area (Å²) in [6, 6.07) is 13.6. The molecule has 1 amide bonds. The lowest BCUT2D eigenvalue weighted by Crippen LogP contribution is -2.30. The summed E-state index contributed by atoms with van der Waals surface area (Å²) in [4.78, 5) is 22.2. The molecule has 1 aliphatic rings. The second-order valence-electron chi connectivity index (χ2n) is 7.33. The van der Waals surface area contributed by atoms with E-state index in [1.165, 1.54) is 4.70 Å². The van der Waals surface area contributed by atoms with Crippen molar-refractivity contribution in [1.29, 1.82) is 0 Å². The van der Waals surface area contributed by atoms with Crippen LogP contribution in [0.1, 0.15) is 25.5 Å². The lowest BCUT2D eigenvalue weighted by Gasteiger charge is -2.28. The molecule has 0 radical (unpaired) electrons. The molecule has 2 aromatic carbocycles. The topological polar surface area (TPSA) is 69.2 Å². The fourth-order valence-corrected chi connectivity index (χ4v) is 5.05. The first kappa shape index (κ1) is 17.0. The maximum Gasteiger partial charge on any atom is 0.293 e. The van der Waals surface area contributed by atoms with Gasteiger partial charge in [-0.3, -0.25) is 9.69 Å². The maximum atomic E-state index is 13.1. The number of rotatable bonds is 3. The molecular formula is C22H19N3O2S. The van der Waals surface area contributed by atoms with E-state index in [0.717, 1.165) is 33.2 Å². The standard InChI is InChI=1S/C22H19N3O2S/c1-12(2)19-20(15-10-28-18-6-4-3-5-14(15)18)25(22(27)21(19)26)13-7-8-16-17(9-13)24-11-23-16/h3-12,20,26H,1-2H3,(H,23,24). The van der Waals surface area contributed by atoms with Crippen LogP contribution in [0.4, 0.5) is 5.69 Å². The third kappa shape index (κ3) is 2.38. The van der Waals surface area contributed by atoms with Crippen molar-refractivity contribution in [1.82, 2.24) is 9.97 Å². The number of nitrogens with zero attached hydrogens (tertiary/aromatic N) is 2. The summed E-state index contributed by atoms with van der Waals surface area (Å²) in [7, 11) is 0. The molecule has 1 atom stereocenters. The van der Waals surface area contributed by atoms with Gasteiger partial charge in [0.15, 0.2) is 5.76 Å². The number of aliphatic hydroxyl groups excluding tert-OH is 1. The number of aliphatic hydroxyl groups is 1. The van der Waals surface area contributed by atoms with E-state index < -0.39 is 0 Å². The van der Waals surface area contributed by atoms with Crippen LogP contribution in [0.25, 0.3) is 21.1 Å². The van der Waals surface area contributed by atoms with Crippen molar-refractivity contribution in [2.45, 2.75) is 19.9 Å². The Morgan fingerprint density at radius 3 is 2.86 bits per heavy atom. The van der Waals surface area contributed by atoms with Crippen molar-refractivity contribution in [3.63, 3.8) is 0 Å². The predicted octanol–water partition coefficient (Wildman–Crippen LogP) is 5.33. The number of fused-ring (bicyclic) bond motifs is 2. The van der Waals surface area contributed by atoms with Crippen molar-refractivity contribution in [2.24, 2.45) is 5.92 Å². The zero-order chi connectivity index (χ0) is 19.4. The van der Waals surface area contributed by atoms with E-state index in [1.54, 1.807) is 22.6 Å². The van der Waals surface area contributed by atoms with Gasteiger partial charge < -0.3 is 10.1 Å². The molecule has 5 nitrogen and oxygen atoms in total. The number of carbonyl (C=O) groups excluding carboxylic acids is 1. The van der Waals surface area contributed by atoms with Crippen LogP contribution in [-0.4, -0.2) is 21.0 Å². The number of thiophene rings is 1. The van der Waals surface area contributed by atoms with Crippen LogP contribution in [0.3, 0.4) is 0 Å². The minimum absolute atomic E-state index is 0.0340. The van der Waals surface area contributed by atoms with Gasteiger partial charge in [-0.05, 0) is 46.5 Å². The van der Waals surface area contributed by atoms with Crippen molar-refractivity contribution < 1.29 is 9.90 Å². The Morgan fingerprint density at radius 2 is 2.04 bits per heavy atom. The average molecular weight is 389 g/mol. The molecule has 0 bridgehead atoms. The van der Waals surface area contributed by atoms with E-state index in [-0.39, 0.29) is 23.6 Å². The summed E-state index contributed by atoms with van der Waals surface area (Å²) in [5.41, 5.74) is 4.23. The van der Waals surface area contributed by atoms with Gasteiger partial charge in [0.25, 0.3) is 5.91 Å². The van der Waals surface area contributed by atoms with Crippen LogP contribution >= 0.6 is 11.3 Å². The zero-order valence-corrected chi connectivity index (χ0v) is 16.3. The number of imidazole rings is 1. The first-order valence-electron chi connectivity index (χ1n) is 9.22. The summed E-state index contributed by atoms with van der Waals surface area (Å²) < 4.78 is 1.17. The first-order valence-corrected chi connectivity index (χ1v) is 10.1. The molecule has 28 heavy (non-hydrogen) atoms. The summed E-state index contributed by atoms with van der Waals surface area (Å²) in [6.45, 7) is 4.03. The van der Waals surface area contributed by atoms with Gasteiger partial charge in [-0.1, -0.05) is 32.0 Å². The number of hydrogen-bond acceptors (Lipinski definition) is 4.